The highest BCUT2D eigenvalue weighted by Crippen LogP contribution is 2.36. The molecule has 3 nitrogen and oxygen atoms in total. The van der Waals surface area contributed by atoms with E-state index in [1.165, 1.54) is 30.5 Å². The summed E-state index contributed by atoms with van der Waals surface area (Å²) in [6.07, 6.45) is 8.06. The minimum Gasteiger partial charge on any atom is -0.369 e. The number of hydrogen-bond donors (Lipinski definition) is 1. The molecule has 0 radical (unpaired) electrons. The standard InChI is InChI=1S/C13H19N3/c1-9(10-5-6-10)7-14-13-11-3-2-4-12(11)15-8-16-13/h8-10H,2-7H2,1H3,(H,14,15,16). The molecule has 2 aliphatic rings. The van der Waals surface area contributed by atoms with Crippen LogP contribution >= 0.6 is 0 Å². The summed E-state index contributed by atoms with van der Waals surface area (Å²) in [5, 5.41) is 3.52. The lowest BCUT2D eigenvalue weighted by Gasteiger charge is -2.13. The number of hydrogen-bond acceptors (Lipinski definition) is 3. The molecule has 1 unspecified atom stereocenters. The van der Waals surface area contributed by atoms with E-state index in [0.29, 0.717) is 0 Å². The molecule has 1 aromatic heterocycles. The van der Waals surface area contributed by atoms with Gasteiger partial charge in [0.25, 0.3) is 0 Å². The maximum atomic E-state index is 4.38. The number of anilines is 1. The van der Waals surface area contributed by atoms with E-state index in [9.17, 15) is 0 Å². The second kappa shape index (κ2) is 4.04. The van der Waals surface area contributed by atoms with Gasteiger partial charge in [0, 0.05) is 17.8 Å². The Kier molecular flexibility index (Phi) is 2.54. The van der Waals surface area contributed by atoms with Gasteiger partial charge in [0.05, 0.1) is 0 Å². The summed E-state index contributed by atoms with van der Waals surface area (Å²) in [4.78, 5) is 8.72. The molecule has 1 heterocycles. The Morgan fingerprint density at radius 1 is 1.38 bits per heavy atom. The summed E-state index contributed by atoms with van der Waals surface area (Å²) in [5.41, 5.74) is 2.63. The zero-order valence-corrected chi connectivity index (χ0v) is 9.87. The second-order valence-electron chi connectivity index (χ2n) is 5.20. The first-order chi connectivity index (χ1) is 7.84. The molecule has 1 atom stereocenters. The molecular weight excluding hydrogens is 198 g/mol. The van der Waals surface area contributed by atoms with Crippen molar-refractivity contribution < 1.29 is 0 Å². The lowest BCUT2D eigenvalue weighted by molar-refractivity contribution is 0.535. The van der Waals surface area contributed by atoms with Gasteiger partial charge >= 0.3 is 0 Å². The molecule has 0 aromatic carbocycles. The van der Waals surface area contributed by atoms with Gasteiger partial charge in [0.2, 0.25) is 0 Å². The van der Waals surface area contributed by atoms with Gasteiger partial charge in [-0.1, -0.05) is 6.92 Å². The van der Waals surface area contributed by atoms with Crippen LogP contribution in [0.5, 0.6) is 0 Å². The normalized spacial score (nSPS) is 20.6. The molecule has 16 heavy (non-hydrogen) atoms. The summed E-state index contributed by atoms with van der Waals surface area (Å²) in [6, 6.07) is 0. The van der Waals surface area contributed by atoms with Gasteiger partial charge in [0.1, 0.15) is 12.1 Å². The van der Waals surface area contributed by atoms with Gasteiger partial charge in [-0.3, -0.25) is 0 Å². The third-order valence-electron chi connectivity index (χ3n) is 3.89. The van der Waals surface area contributed by atoms with Gasteiger partial charge < -0.3 is 5.32 Å². The average molecular weight is 217 g/mol. The van der Waals surface area contributed by atoms with Crippen LogP contribution < -0.4 is 5.32 Å². The number of fused-ring (bicyclic) bond motifs is 1. The molecule has 0 spiro atoms. The van der Waals surface area contributed by atoms with Gasteiger partial charge in [0.15, 0.2) is 0 Å². The molecule has 0 bridgehead atoms. The van der Waals surface area contributed by atoms with Crippen LogP contribution in [0.2, 0.25) is 0 Å². The number of aryl methyl sites for hydroxylation is 1. The van der Waals surface area contributed by atoms with Crippen LogP contribution in [0.15, 0.2) is 6.33 Å². The quantitative estimate of drug-likeness (QED) is 0.841. The fourth-order valence-electron chi connectivity index (χ4n) is 2.60. The predicted octanol–water partition coefficient (Wildman–Crippen LogP) is 2.42. The van der Waals surface area contributed by atoms with Gasteiger partial charge in [-0.25, -0.2) is 9.97 Å². The zero-order valence-electron chi connectivity index (χ0n) is 9.87. The fourth-order valence-corrected chi connectivity index (χ4v) is 2.60. The minimum absolute atomic E-state index is 0.784. The number of aromatic nitrogens is 2. The minimum atomic E-state index is 0.784. The van der Waals surface area contributed by atoms with Crippen molar-refractivity contribution in [3.05, 3.63) is 17.6 Å². The van der Waals surface area contributed by atoms with E-state index in [0.717, 1.165) is 37.0 Å². The first-order valence-corrected chi connectivity index (χ1v) is 6.41. The van der Waals surface area contributed by atoms with Gasteiger partial charge in [-0.2, -0.15) is 0 Å². The van der Waals surface area contributed by atoms with Crippen molar-refractivity contribution in [3.8, 4) is 0 Å². The van der Waals surface area contributed by atoms with Crippen molar-refractivity contribution in [2.75, 3.05) is 11.9 Å². The molecule has 0 amide bonds. The fraction of sp³-hybridized carbons (Fsp3) is 0.692. The highest BCUT2D eigenvalue weighted by atomic mass is 15.0. The van der Waals surface area contributed by atoms with Crippen molar-refractivity contribution in [3.63, 3.8) is 0 Å². The van der Waals surface area contributed by atoms with Crippen molar-refractivity contribution in [2.45, 2.75) is 39.0 Å². The van der Waals surface area contributed by atoms with Crippen LogP contribution in [0.3, 0.4) is 0 Å². The Bertz CT molecular complexity index is 385. The Hall–Kier alpha value is -1.12. The molecule has 1 saturated carbocycles. The maximum Gasteiger partial charge on any atom is 0.132 e. The summed E-state index contributed by atoms with van der Waals surface area (Å²) in [7, 11) is 0. The van der Waals surface area contributed by atoms with Crippen LogP contribution in [0.4, 0.5) is 5.82 Å². The van der Waals surface area contributed by atoms with Gasteiger partial charge in [-0.15, -0.1) is 0 Å². The first-order valence-electron chi connectivity index (χ1n) is 6.41. The Labute approximate surface area is 96.7 Å². The van der Waals surface area contributed by atoms with E-state index < -0.39 is 0 Å². The largest absolute Gasteiger partial charge is 0.369 e. The van der Waals surface area contributed by atoms with E-state index in [4.69, 9.17) is 0 Å². The Morgan fingerprint density at radius 3 is 3.06 bits per heavy atom. The average Bonchev–Trinajstić information content (AvgIpc) is 3.04. The molecule has 1 N–H and O–H groups in total. The molecular formula is C13H19N3. The van der Waals surface area contributed by atoms with Gasteiger partial charge in [-0.05, 0) is 43.9 Å². The monoisotopic (exact) mass is 217 g/mol. The summed E-state index contributed by atoms with van der Waals surface area (Å²) in [5.74, 6) is 2.84. The lowest BCUT2D eigenvalue weighted by Crippen LogP contribution is -2.15. The highest BCUT2D eigenvalue weighted by molar-refractivity contribution is 5.47. The van der Waals surface area contributed by atoms with Crippen LogP contribution in [-0.2, 0) is 12.8 Å². The Morgan fingerprint density at radius 2 is 2.25 bits per heavy atom. The summed E-state index contributed by atoms with van der Waals surface area (Å²) >= 11 is 0. The molecule has 86 valence electrons. The van der Waals surface area contributed by atoms with E-state index in [1.807, 2.05) is 0 Å². The number of nitrogens with one attached hydrogen (secondary N) is 1. The van der Waals surface area contributed by atoms with Crippen molar-refractivity contribution in [2.24, 2.45) is 11.8 Å². The lowest BCUT2D eigenvalue weighted by atomic mass is 10.1. The van der Waals surface area contributed by atoms with E-state index in [1.54, 1.807) is 6.33 Å². The van der Waals surface area contributed by atoms with Crippen molar-refractivity contribution in [1.29, 1.82) is 0 Å². The highest BCUT2D eigenvalue weighted by Gasteiger charge is 2.28. The first kappa shape index (κ1) is 10.1. The molecule has 3 rings (SSSR count). The third-order valence-corrected chi connectivity index (χ3v) is 3.89. The Balaban J connectivity index is 1.67. The van der Waals surface area contributed by atoms with Crippen LogP contribution in [0.25, 0.3) is 0 Å². The summed E-state index contributed by atoms with van der Waals surface area (Å²) in [6.45, 7) is 3.40. The number of nitrogens with zero attached hydrogens (tertiary/aromatic N) is 2. The molecule has 0 saturated heterocycles. The van der Waals surface area contributed by atoms with Crippen LogP contribution in [0, 0.1) is 11.8 Å². The van der Waals surface area contributed by atoms with Crippen molar-refractivity contribution >= 4 is 5.82 Å². The maximum absolute atomic E-state index is 4.38. The van der Waals surface area contributed by atoms with Crippen LogP contribution in [0.1, 0.15) is 37.4 Å². The molecule has 2 aliphatic carbocycles. The van der Waals surface area contributed by atoms with E-state index in [-0.39, 0.29) is 0 Å². The predicted molar refractivity (Wildman–Crippen MR) is 64.4 cm³/mol. The molecule has 1 fully saturated rings. The summed E-state index contributed by atoms with van der Waals surface area (Å²) < 4.78 is 0. The van der Waals surface area contributed by atoms with E-state index in [2.05, 4.69) is 22.2 Å². The van der Waals surface area contributed by atoms with Crippen molar-refractivity contribution in [1.82, 2.24) is 9.97 Å². The molecule has 0 aliphatic heterocycles. The van der Waals surface area contributed by atoms with E-state index >= 15 is 0 Å². The molecule has 1 aromatic rings. The SMILES string of the molecule is CC(CNc1ncnc2c1CCC2)C1CC1. The second-order valence-corrected chi connectivity index (χ2v) is 5.20. The zero-order chi connectivity index (χ0) is 11.0. The van der Waals surface area contributed by atoms with Crippen LogP contribution in [-0.4, -0.2) is 16.5 Å². The smallest absolute Gasteiger partial charge is 0.132 e. The molecule has 3 heteroatoms. The number of rotatable bonds is 4. The third kappa shape index (κ3) is 1.91. The topological polar surface area (TPSA) is 37.8 Å².